The molecule has 0 fully saturated rings. The van der Waals surface area contributed by atoms with Crippen LogP contribution in [0.5, 0.6) is 0 Å². The van der Waals surface area contributed by atoms with E-state index in [2.05, 4.69) is 20.3 Å². The van der Waals surface area contributed by atoms with Crippen LogP contribution in [0.4, 0.5) is 0 Å². The molecule has 0 aliphatic carbocycles. The van der Waals surface area contributed by atoms with Gasteiger partial charge in [0.05, 0.1) is 6.20 Å². The number of fused-ring (bicyclic) bond motifs is 1. The van der Waals surface area contributed by atoms with Crippen molar-refractivity contribution in [2.75, 3.05) is 0 Å². The SMILES string of the molecule is Cn1cc2nncnc2n1. The van der Waals surface area contributed by atoms with E-state index < -0.39 is 0 Å². The molecule has 0 saturated heterocycles. The zero-order valence-electron chi connectivity index (χ0n) is 5.39. The molecule has 2 aromatic rings. The van der Waals surface area contributed by atoms with Gasteiger partial charge in [0.15, 0.2) is 0 Å². The quantitative estimate of drug-likeness (QED) is 0.500. The van der Waals surface area contributed by atoms with Gasteiger partial charge in [0, 0.05) is 7.05 Å². The molecular weight excluding hydrogens is 130 g/mol. The van der Waals surface area contributed by atoms with Crippen LogP contribution < -0.4 is 0 Å². The summed E-state index contributed by atoms with van der Waals surface area (Å²) in [7, 11) is 1.82. The predicted octanol–water partition coefficient (Wildman–Crippen LogP) is -0.242. The van der Waals surface area contributed by atoms with E-state index in [1.807, 2.05) is 7.05 Å². The van der Waals surface area contributed by atoms with Gasteiger partial charge in [-0.25, -0.2) is 4.98 Å². The van der Waals surface area contributed by atoms with Gasteiger partial charge in [-0.05, 0) is 0 Å². The number of aromatic nitrogens is 5. The van der Waals surface area contributed by atoms with Gasteiger partial charge >= 0.3 is 0 Å². The van der Waals surface area contributed by atoms with Gasteiger partial charge in [-0.15, -0.1) is 10.2 Å². The molecule has 2 heterocycles. The highest BCUT2D eigenvalue weighted by molar-refractivity contribution is 5.66. The second-order valence-corrected chi connectivity index (χ2v) is 1.97. The lowest BCUT2D eigenvalue weighted by Crippen LogP contribution is -1.86. The van der Waals surface area contributed by atoms with E-state index in [-0.39, 0.29) is 0 Å². The Morgan fingerprint density at radius 3 is 3.20 bits per heavy atom. The van der Waals surface area contributed by atoms with Crippen LogP contribution >= 0.6 is 0 Å². The third-order valence-electron chi connectivity index (χ3n) is 1.19. The van der Waals surface area contributed by atoms with Gasteiger partial charge < -0.3 is 0 Å². The van der Waals surface area contributed by atoms with Gasteiger partial charge in [0.25, 0.3) is 0 Å². The van der Waals surface area contributed by atoms with Gasteiger partial charge in [0.2, 0.25) is 5.65 Å². The zero-order chi connectivity index (χ0) is 6.97. The molecule has 0 spiro atoms. The number of hydrogen-bond donors (Lipinski definition) is 0. The van der Waals surface area contributed by atoms with E-state index in [9.17, 15) is 0 Å². The molecule has 50 valence electrons. The first-order chi connectivity index (χ1) is 4.86. The van der Waals surface area contributed by atoms with Crippen molar-refractivity contribution in [3.8, 4) is 0 Å². The minimum atomic E-state index is 0.637. The zero-order valence-corrected chi connectivity index (χ0v) is 5.39. The molecular formula is C5H5N5. The summed E-state index contributed by atoms with van der Waals surface area (Å²) in [6.45, 7) is 0. The van der Waals surface area contributed by atoms with E-state index in [1.54, 1.807) is 10.9 Å². The van der Waals surface area contributed by atoms with Crippen molar-refractivity contribution in [2.45, 2.75) is 0 Å². The second-order valence-electron chi connectivity index (χ2n) is 1.97. The Morgan fingerprint density at radius 1 is 1.50 bits per heavy atom. The fourth-order valence-electron chi connectivity index (χ4n) is 0.795. The standard InChI is InChI=1S/C5H5N5/c1-10-2-4-5(9-10)6-3-7-8-4/h2-3H,1H3. The van der Waals surface area contributed by atoms with E-state index in [4.69, 9.17) is 0 Å². The van der Waals surface area contributed by atoms with Crippen LogP contribution in [0.2, 0.25) is 0 Å². The molecule has 2 rings (SSSR count). The van der Waals surface area contributed by atoms with E-state index in [0.29, 0.717) is 5.65 Å². The Labute approximate surface area is 56.7 Å². The lowest BCUT2D eigenvalue weighted by molar-refractivity contribution is 0.775. The molecule has 2 aromatic heterocycles. The summed E-state index contributed by atoms with van der Waals surface area (Å²) in [5, 5.41) is 11.4. The first-order valence-corrected chi connectivity index (χ1v) is 2.83. The molecule has 5 heteroatoms. The Morgan fingerprint density at radius 2 is 2.40 bits per heavy atom. The topological polar surface area (TPSA) is 56.5 Å². The van der Waals surface area contributed by atoms with E-state index >= 15 is 0 Å². The molecule has 0 amide bonds. The highest BCUT2D eigenvalue weighted by Crippen LogP contribution is 2.00. The molecule has 0 aromatic carbocycles. The maximum atomic E-state index is 4.02. The van der Waals surface area contributed by atoms with Crippen molar-refractivity contribution >= 4 is 11.2 Å². The van der Waals surface area contributed by atoms with Crippen molar-refractivity contribution < 1.29 is 0 Å². The van der Waals surface area contributed by atoms with Gasteiger partial charge in [0.1, 0.15) is 11.8 Å². The maximum Gasteiger partial charge on any atom is 0.203 e. The van der Waals surface area contributed by atoms with E-state index in [1.165, 1.54) is 6.33 Å². The Balaban J connectivity index is 2.88. The minimum absolute atomic E-state index is 0.637. The number of hydrogen-bond acceptors (Lipinski definition) is 4. The van der Waals surface area contributed by atoms with Crippen LogP contribution in [0, 0.1) is 0 Å². The summed E-state index contributed by atoms with van der Waals surface area (Å²) in [6.07, 6.45) is 3.16. The Bertz CT molecular complexity index is 319. The highest BCUT2D eigenvalue weighted by Gasteiger charge is 1.97. The van der Waals surface area contributed by atoms with Crippen LogP contribution in [-0.4, -0.2) is 25.0 Å². The number of aryl methyl sites for hydroxylation is 1. The van der Waals surface area contributed by atoms with Crippen LogP contribution in [-0.2, 0) is 7.05 Å². The third-order valence-corrected chi connectivity index (χ3v) is 1.19. The second kappa shape index (κ2) is 1.73. The molecule has 0 radical (unpaired) electrons. The van der Waals surface area contributed by atoms with Crippen LogP contribution in [0.3, 0.4) is 0 Å². The predicted molar refractivity (Wildman–Crippen MR) is 34.1 cm³/mol. The molecule has 0 aliphatic rings. The Kier molecular flexibility index (Phi) is 0.913. The normalized spacial score (nSPS) is 10.5. The van der Waals surface area contributed by atoms with Crippen molar-refractivity contribution in [2.24, 2.45) is 7.05 Å². The lowest BCUT2D eigenvalue weighted by Gasteiger charge is -1.78. The monoisotopic (exact) mass is 135 g/mol. The summed E-state index contributed by atoms with van der Waals surface area (Å²) < 4.78 is 1.66. The van der Waals surface area contributed by atoms with Crippen molar-refractivity contribution in [3.63, 3.8) is 0 Å². The third kappa shape index (κ3) is 0.637. The molecule has 5 nitrogen and oxygen atoms in total. The van der Waals surface area contributed by atoms with Gasteiger partial charge in [-0.2, -0.15) is 5.10 Å². The molecule has 10 heavy (non-hydrogen) atoms. The summed E-state index contributed by atoms with van der Waals surface area (Å²) >= 11 is 0. The fraction of sp³-hybridized carbons (Fsp3) is 0.200. The number of nitrogens with zero attached hydrogens (tertiary/aromatic N) is 5. The van der Waals surface area contributed by atoms with Crippen molar-refractivity contribution in [1.29, 1.82) is 0 Å². The minimum Gasteiger partial charge on any atom is -0.271 e. The molecule has 0 unspecified atom stereocenters. The van der Waals surface area contributed by atoms with Crippen molar-refractivity contribution in [3.05, 3.63) is 12.5 Å². The summed E-state index contributed by atoms with van der Waals surface area (Å²) in [4.78, 5) is 3.90. The summed E-state index contributed by atoms with van der Waals surface area (Å²) in [5.74, 6) is 0. The van der Waals surface area contributed by atoms with Crippen LogP contribution in [0.1, 0.15) is 0 Å². The first-order valence-electron chi connectivity index (χ1n) is 2.83. The molecule has 0 aliphatic heterocycles. The molecule has 0 N–H and O–H groups in total. The van der Waals surface area contributed by atoms with Gasteiger partial charge in [-0.1, -0.05) is 0 Å². The molecule has 0 atom stereocenters. The fourth-order valence-corrected chi connectivity index (χ4v) is 0.795. The summed E-state index contributed by atoms with van der Waals surface area (Å²) in [6, 6.07) is 0. The first kappa shape index (κ1) is 5.28. The van der Waals surface area contributed by atoms with Crippen LogP contribution in [0.25, 0.3) is 11.2 Å². The molecule has 0 saturated carbocycles. The smallest absolute Gasteiger partial charge is 0.203 e. The lowest BCUT2D eigenvalue weighted by atomic mass is 10.6. The van der Waals surface area contributed by atoms with Crippen molar-refractivity contribution in [1.82, 2.24) is 25.0 Å². The van der Waals surface area contributed by atoms with Crippen LogP contribution in [0.15, 0.2) is 12.5 Å². The average Bonchev–Trinajstić information content (AvgIpc) is 2.27. The summed E-state index contributed by atoms with van der Waals surface area (Å²) in [5.41, 5.74) is 1.36. The average molecular weight is 135 g/mol. The van der Waals surface area contributed by atoms with E-state index in [0.717, 1.165) is 5.52 Å². The number of rotatable bonds is 0. The van der Waals surface area contributed by atoms with Gasteiger partial charge in [-0.3, -0.25) is 4.68 Å². The highest BCUT2D eigenvalue weighted by atomic mass is 15.3. The Hall–Kier alpha value is -1.52. The molecule has 0 bridgehead atoms. The largest absolute Gasteiger partial charge is 0.271 e. The maximum absolute atomic E-state index is 4.02.